The summed E-state index contributed by atoms with van der Waals surface area (Å²) in [5.74, 6) is 0.985. The van der Waals surface area contributed by atoms with Crippen LogP contribution in [0.25, 0.3) is 0 Å². The summed E-state index contributed by atoms with van der Waals surface area (Å²) in [6.07, 6.45) is 1.14. The summed E-state index contributed by atoms with van der Waals surface area (Å²) in [5, 5.41) is 6.54. The van der Waals surface area contributed by atoms with E-state index in [1.54, 1.807) is 12.1 Å². The van der Waals surface area contributed by atoms with Crippen molar-refractivity contribution in [1.29, 1.82) is 0 Å². The fraction of sp³-hybridized carbons (Fsp3) is 0.409. The molecule has 2 rings (SSSR count). The van der Waals surface area contributed by atoms with Gasteiger partial charge in [-0.2, -0.15) is 0 Å². The molecule has 172 valence electrons. The van der Waals surface area contributed by atoms with Crippen molar-refractivity contribution in [3.8, 4) is 0 Å². The van der Waals surface area contributed by atoms with Crippen LogP contribution >= 0.6 is 24.0 Å². The topological polar surface area (TPSA) is 91.8 Å². The average molecular weight is 561 g/mol. The number of anilines is 1. The van der Waals surface area contributed by atoms with E-state index in [4.69, 9.17) is 4.74 Å². The smallest absolute Gasteiger partial charge is 0.229 e. The van der Waals surface area contributed by atoms with E-state index in [1.165, 1.54) is 0 Å². The molecule has 2 aromatic rings. The van der Waals surface area contributed by atoms with Crippen LogP contribution in [0.3, 0.4) is 0 Å². The van der Waals surface area contributed by atoms with Crippen molar-refractivity contribution in [2.24, 2.45) is 10.9 Å². The van der Waals surface area contributed by atoms with E-state index < -0.39 is 10.0 Å². The van der Waals surface area contributed by atoms with Gasteiger partial charge < -0.3 is 15.4 Å². The summed E-state index contributed by atoms with van der Waals surface area (Å²) in [7, 11) is -3.34. The van der Waals surface area contributed by atoms with Gasteiger partial charge in [0.2, 0.25) is 10.0 Å². The molecule has 9 heteroatoms. The first kappa shape index (κ1) is 27.2. The van der Waals surface area contributed by atoms with Gasteiger partial charge in [-0.15, -0.1) is 24.0 Å². The minimum Gasteiger partial charge on any atom is -0.376 e. The molecule has 7 nitrogen and oxygen atoms in total. The highest BCUT2D eigenvalue weighted by molar-refractivity contribution is 14.0. The van der Waals surface area contributed by atoms with Gasteiger partial charge in [-0.1, -0.05) is 55.5 Å². The first-order chi connectivity index (χ1) is 14.4. The van der Waals surface area contributed by atoms with Gasteiger partial charge in [0.15, 0.2) is 5.96 Å². The van der Waals surface area contributed by atoms with Crippen molar-refractivity contribution in [1.82, 2.24) is 10.6 Å². The summed E-state index contributed by atoms with van der Waals surface area (Å²) in [6.45, 7) is 7.16. The lowest BCUT2D eigenvalue weighted by Crippen LogP contribution is -2.40. The van der Waals surface area contributed by atoms with Crippen molar-refractivity contribution in [3.63, 3.8) is 0 Å². The molecule has 0 aliphatic rings. The number of ether oxygens (including phenoxy) is 1. The minimum atomic E-state index is -3.34. The Morgan fingerprint density at radius 1 is 1.06 bits per heavy atom. The third-order valence-corrected chi connectivity index (χ3v) is 4.79. The summed E-state index contributed by atoms with van der Waals surface area (Å²) in [5.41, 5.74) is 2.51. The minimum absolute atomic E-state index is 0. The van der Waals surface area contributed by atoms with E-state index >= 15 is 0 Å². The molecule has 3 N–H and O–H groups in total. The molecular weight excluding hydrogens is 527 g/mol. The van der Waals surface area contributed by atoms with E-state index in [9.17, 15) is 8.42 Å². The number of hydrogen-bond acceptors (Lipinski definition) is 4. The zero-order valence-corrected chi connectivity index (χ0v) is 21.4. The van der Waals surface area contributed by atoms with Gasteiger partial charge in [-0.3, -0.25) is 4.72 Å². The van der Waals surface area contributed by atoms with Crippen LogP contribution in [0.15, 0.2) is 59.6 Å². The molecule has 0 bridgehead atoms. The van der Waals surface area contributed by atoms with Crippen LogP contribution in [0.2, 0.25) is 0 Å². The first-order valence-electron chi connectivity index (χ1n) is 10.1. The largest absolute Gasteiger partial charge is 0.376 e. The number of halogens is 1. The van der Waals surface area contributed by atoms with Crippen molar-refractivity contribution in [2.75, 3.05) is 30.7 Å². The third-order valence-electron chi connectivity index (χ3n) is 4.20. The molecule has 0 heterocycles. The van der Waals surface area contributed by atoms with Gasteiger partial charge in [0.25, 0.3) is 0 Å². The molecule has 0 amide bonds. The van der Waals surface area contributed by atoms with Gasteiger partial charge in [-0.05, 0) is 30.0 Å². The van der Waals surface area contributed by atoms with Crippen LogP contribution in [0, 0.1) is 5.92 Å². The Labute approximate surface area is 203 Å². The van der Waals surface area contributed by atoms with E-state index in [-0.39, 0.29) is 24.0 Å². The van der Waals surface area contributed by atoms with Crippen LogP contribution in [0.5, 0.6) is 0 Å². The Hall–Kier alpha value is -1.85. The van der Waals surface area contributed by atoms with Crippen LogP contribution in [-0.4, -0.2) is 40.3 Å². The van der Waals surface area contributed by atoms with Crippen LogP contribution in [-0.2, 0) is 27.9 Å². The van der Waals surface area contributed by atoms with E-state index in [1.807, 2.05) is 37.3 Å². The second-order valence-corrected chi connectivity index (χ2v) is 8.96. The average Bonchev–Trinajstić information content (AvgIpc) is 2.71. The molecule has 0 saturated heterocycles. The van der Waals surface area contributed by atoms with E-state index in [0.29, 0.717) is 43.9 Å². The van der Waals surface area contributed by atoms with Crippen LogP contribution in [0.1, 0.15) is 25.0 Å². The summed E-state index contributed by atoms with van der Waals surface area (Å²) < 4.78 is 31.5. The molecule has 0 fully saturated rings. The normalized spacial score (nSPS) is 12.5. The number of hydrogen-bond donors (Lipinski definition) is 3. The molecular formula is C22H33IN4O3S. The summed E-state index contributed by atoms with van der Waals surface area (Å²) in [4.78, 5) is 4.59. The molecule has 0 aromatic heterocycles. The predicted octanol–water partition coefficient (Wildman–Crippen LogP) is 3.58. The highest BCUT2D eigenvalue weighted by atomic mass is 127. The molecule has 0 aliphatic heterocycles. The third kappa shape index (κ3) is 11.4. The number of benzene rings is 2. The summed E-state index contributed by atoms with van der Waals surface area (Å²) in [6, 6.07) is 17.4. The number of rotatable bonds is 11. The van der Waals surface area contributed by atoms with Crippen LogP contribution in [0.4, 0.5) is 5.69 Å². The molecule has 0 saturated carbocycles. The molecule has 0 spiro atoms. The number of nitrogens with zero attached hydrogens (tertiary/aromatic N) is 1. The van der Waals surface area contributed by atoms with Gasteiger partial charge in [0.1, 0.15) is 0 Å². The lowest BCUT2D eigenvalue weighted by atomic mass is 10.2. The maximum atomic E-state index is 11.6. The highest BCUT2D eigenvalue weighted by Gasteiger charge is 2.08. The van der Waals surface area contributed by atoms with Crippen molar-refractivity contribution in [3.05, 3.63) is 65.7 Å². The molecule has 0 aliphatic carbocycles. The lowest BCUT2D eigenvalue weighted by Gasteiger charge is -2.16. The maximum absolute atomic E-state index is 11.6. The number of nitrogens with one attached hydrogen (secondary N) is 3. The maximum Gasteiger partial charge on any atom is 0.229 e. The summed E-state index contributed by atoms with van der Waals surface area (Å²) >= 11 is 0. The second-order valence-electron chi connectivity index (χ2n) is 7.21. The highest BCUT2D eigenvalue weighted by Crippen LogP contribution is 2.17. The molecule has 1 atom stereocenters. The Balaban J connectivity index is 0.00000480. The Kier molecular flexibility index (Phi) is 12.5. The SMILES string of the molecule is CCNC(=NCc1ccccc1NS(C)(=O)=O)NCC(C)COCc1ccccc1.I. The van der Waals surface area contributed by atoms with Crippen LogP contribution < -0.4 is 15.4 Å². The zero-order valence-electron chi connectivity index (χ0n) is 18.3. The fourth-order valence-corrected chi connectivity index (χ4v) is 3.34. The van der Waals surface area contributed by atoms with Gasteiger partial charge in [0, 0.05) is 13.1 Å². The Morgan fingerprint density at radius 3 is 2.42 bits per heavy atom. The Morgan fingerprint density at radius 2 is 1.74 bits per heavy atom. The molecule has 0 radical (unpaired) electrons. The van der Waals surface area contributed by atoms with Gasteiger partial charge in [0.05, 0.1) is 31.7 Å². The Bertz CT molecular complexity index is 908. The zero-order chi connectivity index (χ0) is 21.8. The first-order valence-corrected chi connectivity index (χ1v) is 12.0. The second kappa shape index (κ2) is 14.3. The lowest BCUT2D eigenvalue weighted by molar-refractivity contribution is 0.0931. The molecule has 31 heavy (non-hydrogen) atoms. The van der Waals surface area contributed by atoms with Crippen molar-refractivity contribution in [2.45, 2.75) is 27.0 Å². The predicted molar refractivity (Wildman–Crippen MR) is 138 cm³/mol. The number of guanidine groups is 1. The van der Waals surface area contributed by atoms with Crippen molar-refractivity contribution >= 4 is 45.6 Å². The van der Waals surface area contributed by atoms with Gasteiger partial charge in [-0.25, -0.2) is 13.4 Å². The molecule has 2 aromatic carbocycles. The number of para-hydroxylation sites is 1. The number of aliphatic imine (C=N–C) groups is 1. The monoisotopic (exact) mass is 560 g/mol. The van der Waals surface area contributed by atoms with Crippen molar-refractivity contribution < 1.29 is 13.2 Å². The molecule has 1 unspecified atom stereocenters. The van der Waals surface area contributed by atoms with E-state index in [2.05, 4.69) is 39.4 Å². The van der Waals surface area contributed by atoms with E-state index in [0.717, 1.165) is 23.9 Å². The van der Waals surface area contributed by atoms with Gasteiger partial charge >= 0.3 is 0 Å². The standard InChI is InChI=1S/C22H32N4O3S.HI/c1-4-23-22(24-14-18(2)16-29-17-19-10-6-5-7-11-19)25-15-20-12-8-9-13-21(20)26-30(3,27)28;/h5-13,18,26H,4,14-17H2,1-3H3,(H2,23,24,25);1H. The quantitative estimate of drug-likeness (QED) is 0.222. The number of sulfonamides is 1. The fourth-order valence-electron chi connectivity index (χ4n) is 2.75.